The molecule has 0 saturated heterocycles. The zero-order valence-corrected chi connectivity index (χ0v) is 16.6. The predicted molar refractivity (Wildman–Crippen MR) is 104 cm³/mol. The molecule has 1 rings (SSSR count). The number of halogens is 1. The lowest BCUT2D eigenvalue weighted by Crippen LogP contribution is -2.43. The number of guanidine groups is 1. The molecule has 0 radical (unpaired) electrons. The van der Waals surface area contributed by atoms with Gasteiger partial charge in [0, 0.05) is 20.1 Å². The fourth-order valence-electron chi connectivity index (χ4n) is 2.35. The number of aliphatic imine (C=N–C) groups is 1. The van der Waals surface area contributed by atoms with Gasteiger partial charge in [0.2, 0.25) is 0 Å². The Bertz CT molecular complexity index is 391. The Morgan fingerprint density at radius 3 is 2.50 bits per heavy atom. The van der Waals surface area contributed by atoms with E-state index in [0.29, 0.717) is 0 Å². The van der Waals surface area contributed by atoms with E-state index in [-0.39, 0.29) is 30.0 Å². The molecule has 0 bridgehead atoms. The Hall–Kier alpha value is -0.760. The van der Waals surface area contributed by atoms with Gasteiger partial charge in [0.15, 0.2) is 5.96 Å². The van der Waals surface area contributed by atoms with Crippen LogP contribution in [0, 0.1) is 0 Å². The number of nitrogens with one attached hydrogen (secondary N) is 2. The molecule has 0 amide bonds. The van der Waals surface area contributed by atoms with Crippen LogP contribution in [0.15, 0.2) is 27.8 Å². The maximum absolute atomic E-state index is 5.60. The van der Waals surface area contributed by atoms with Crippen molar-refractivity contribution in [2.75, 3.05) is 33.2 Å². The number of rotatable bonds is 9. The van der Waals surface area contributed by atoms with Crippen molar-refractivity contribution in [2.45, 2.75) is 39.7 Å². The third-order valence-electron chi connectivity index (χ3n) is 3.63. The van der Waals surface area contributed by atoms with Crippen LogP contribution in [0.5, 0.6) is 0 Å². The van der Waals surface area contributed by atoms with Gasteiger partial charge in [-0.2, -0.15) is 0 Å². The summed E-state index contributed by atoms with van der Waals surface area (Å²) in [6, 6.07) is 4.21. The van der Waals surface area contributed by atoms with Crippen LogP contribution in [0.3, 0.4) is 0 Å². The summed E-state index contributed by atoms with van der Waals surface area (Å²) in [6.45, 7) is 10.2. The summed E-state index contributed by atoms with van der Waals surface area (Å²) in [4.78, 5) is 6.65. The fraction of sp³-hybridized carbons (Fsp3) is 0.688. The van der Waals surface area contributed by atoms with Gasteiger partial charge >= 0.3 is 0 Å². The van der Waals surface area contributed by atoms with Crippen molar-refractivity contribution >= 4 is 29.9 Å². The molecule has 1 atom stereocenters. The Balaban J connectivity index is 0.00000441. The molecule has 1 aromatic rings. The summed E-state index contributed by atoms with van der Waals surface area (Å²) in [7, 11) is 1.81. The topological polar surface area (TPSA) is 52.8 Å². The third-order valence-corrected chi connectivity index (χ3v) is 3.63. The zero-order chi connectivity index (χ0) is 15.5. The average Bonchev–Trinajstić information content (AvgIpc) is 3.03. The van der Waals surface area contributed by atoms with E-state index in [1.54, 1.807) is 13.3 Å². The third kappa shape index (κ3) is 7.00. The highest BCUT2D eigenvalue weighted by Crippen LogP contribution is 2.20. The largest absolute Gasteiger partial charge is 0.468 e. The van der Waals surface area contributed by atoms with Crippen LogP contribution in [-0.2, 0) is 0 Å². The summed E-state index contributed by atoms with van der Waals surface area (Å²) in [6.07, 6.45) is 4.07. The molecule has 2 N–H and O–H groups in total. The van der Waals surface area contributed by atoms with Crippen LogP contribution in [0.2, 0.25) is 0 Å². The lowest BCUT2D eigenvalue weighted by atomic mass is 10.2. The van der Waals surface area contributed by atoms with Crippen LogP contribution in [-0.4, -0.2) is 44.1 Å². The summed E-state index contributed by atoms with van der Waals surface area (Å²) < 4.78 is 5.60. The van der Waals surface area contributed by atoms with Crippen molar-refractivity contribution in [3.63, 3.8) is 0 Å². The standard InChI is InChI=1S/C16H30N4O.HI/c1-5-8-11-18-16(17-4)19-13-14(20(6-2)7-3)15-10-9-12-21-15;/h9-10,12,14H,5-8,11,13H2,1-4H3,(H2,17,18,19);1H. The molecule has 0 aliphatic rings. The number of unbranched alkanes of at least 4 members (excludes halogenated alkanes) is 1. The number of hydrogen-bond donors (Lipinski definition) is 2. The van der Waals surface area contributed by atoms with Crippen LogP contribution >= 0.6 is 24.0 Å². The first kappa shape index (κ1) is 21.2. The Kier molecular flexibility index (Phi) is 12.3. The zero-order valence-electron chi connectivity index (χ0n) is 14.3. The normalized spacial score (nSPS) is 12.9. The van der Waals surface area contributed by atoms with Crippen LogP contribution in [0.1, 0.15) is 45.4 Å². The first-order valence-electron chi connectivity index (χ1n) is 7.98. The van der Waals surface area contributed by atoms with E-state index >= 15 is 0 Å². The minimum atomic E-state index is 0. The van der Waals surface area contributed by atoms with Crippen molar-refractivity contribution in [1.29, 1.82) is 0 Å². The molecule has 0 aromatic carbocycles. The SMILES string of the molecule is CCCCNC(=NC)NCC(c1ccco1)N(CC)CC.I. The van der Waals surface area contributed by atoms with Gasteiger partial charge in [-0.1, -0.05) is 27.2 Å². The first-order chi connectivity index (χ1) is 10.3. The van der Waals surface area contributed by atoms with Crippen molar-refractivity contribution in [3.8, 4) is 0 Å². The molecule has 1 unspecified atom stereocenters. The number of hydrogen-bond acceptors (Lipinski definition) is 3. The average molecular weight is 422 g/mol. The predicted octanol–water partition coefficient (Wildman–Crippen LogP) is 3.25. The fourth-order valence-corrected chi connectivity index (χ4v) is 2.35. The molecular formula is C16H31IN4O. The van der Waals surface area contributed by atoms with Gasteiger partial charge in [-0.15, -0.1) is 24.0 Å². The van der Waals surface area contributed by atoms with Crippen molar-refractivity contribution in [1.82, 2.24) is 15.5 Å². The Morgan fingerprint density at radius 1 is 1.27 bits per heavy atom. The van der Waals surface area contributed by atoms with E-state index in [1.807, 2.05) is 12.1 Å². The van der Waals surface area contributed by atoms with Crippen molar-refractivity contribution in [2.24, 2.45) is 4.99 Å². The molecule has 0 aliphatic heterocycles. The smallest absolute Gasteiger partial charge is 0.191 e. The second-order valence-electron chi connectivity index (χ2n) is 4.99. The van der Waals surface area contributed by atoms with E-state index in [9.17, 15) is 0 Å². The molecule has 0 fully saturated rings. The lowest BCUT2D eigenvalue weighted by Gasteiger charge is -2.28. The molecule has 22 heavy (non-hydrogen) atoms. The molecule has 0 saturated carbocycles. The van der Waals surface area contributed by atoms with E-state index in [0.717, 1.165) is 44.3 Å². The minimum Gasteiger partial charge on any atom is -0.468 e. The van der Waals surface area contributed by atoms with Gasteiger partial charge < -0.3 is 15.1 Å². The van der Waals surface area contributed by atoms with E-state index in [1.165, 1.54) is 6.42 Å². The maximum Gasteiger partial charge on any atom is 0.191 e. The molecular weight excluding hydrogens is 391 g/mol. The quantitative estimate of drug-likeness (QED) is 0.278. The van der Waals surface area contributed by atoms with Crippen molar-refractivity contribution in [3.05, 3.63) is 24.2 Å². The van der Waals surface area contributed by atoms with Crippen LogP contribution < -0.4 is 10.6 Å². The van der Waals surface area contributed by atoms with Crippen LogP contribution in [0.4, 0.5) is 0 Å². The highest BCUT2D eigenvalue weighted by molar-refractivity contribution is 14.0. The van der Waals surface area contributed by atoms with Crippen LogP contribution in [0.25, 0.3) is 0 Å². The first-order valence-corrected chi connectivity index (χ1v) is 7.98. The van der Waals surface area contributed by atoms with Gasteiger partial charge in [0.1, 0.15) is 5.76 Å². The highest BCUT2D eigenvalue weighted by Gasteiger charge is 2.20. The maximum atomic E-state index is 5.60. The number of nitrogens with zero attached hydrogens (tertiary/aromatic N) is 2. The Morgan fingerprint density at radius 2 is 2.00 bits per heavy atom. The highest BCUT2D eigenvalue weighted by atomic mass is 127. The molecule has 0 aliphatic carbocycles. The molecule has 0 spiro atoms. The molecule has 5 nitrogen and oxygen atoms in total. The lowest BCUT2D eigenvalue weighted by molar-refractivity contribution is 0.193. The van der Waals surface area contributed by atoms with Gasteiger partial charge in [-0.25, -0.2) is 0 Å². The molecule has 128 valence electrons. The number of likely N-dealkylation sites (N-methyl/N-ethyl adjacent to an activating group) is 1. The second-order valence-corrected chi connectivity index (χ2v) is 4.99. The van der Waals surface area contributed by atoms with E-state index in [2.05, 4.69) is 41.3 Å². The van der Waals surface area contributed by atoms with E-state index < -0.39 is 0 Å². The van der Waals surface area contributed by atoms with E-state index in [4.69, 9.17) is 4.42 Å². The second kappa shape index (κ2) is 12.8. The summed E-state index contributed by atoms with van der Waals surface area (Å²) >= 11 is 0. The summed E-state index contributed by atoms with van der Waals surface area (Å²) in [5.74, 6) is 1.85. The summed E-state index contributed by atoms with van der Waals surface area (Å²) in [5, 5.41) is 6.74. The molecule has 6 heteroatoms. The van der Waals surface area contributed by atoms with Gasteiger partial charge in [0.05, 0.1) is 12.3 Å². The number of furan rings is 1. The Labute approximate surface area is 152 Å². The van der Waals surface area contributed by atoms with Gasteiger partial charge in [-0.05, 0) is 31.6 Å². The molecule has 1 heterocycles. The van der Waals surface area contributed by atoms with Gasteiger partial charge in [0.25, 0.3) is 0 Å². The molecule has 1 aromatic heterocycles. The summed E-state index contributed by atoms with van der Waals surface area (Å²) in [5.41, 5.74) is 0. The minimum absolute atomic E-state index is 0. The van der Waals surface area contributed by atoms with Gasteiger partial charge in [-0.3, -0.25) is 9.89 Å². The monoisotopic (exact) mass is 422 g/mol. The van der Waals surface area contributed by atoms with Crippen molar-refractivity contribution < 1.29 is 4.42 Å².